The van der Waals surface area contributed by atoms with Gasteiger partial charge in [-0.15, -0.1) is 0 Å². The zero-order valence-corrected chi connectivity index (χ0v) is 16.2. The fourth-order valence-electron chi connectivity index (χ4n) is 1.98. The quantitative estimate of drug-likeness (QED) is 0.243. The molecule has 0 saturated carbocycles. The van der Waals surface area contributed by atoms with Crippen molar-refractivity contribution >= 4 is 17.6 Å². The molecule has 0 radical (unpaired) electrons. The number of carbonyl (C=O) groups excluding carboxylic acids is 2. The van der Waals surface area contributed by atoms with Crippen LogP contribution in [0.4, 0.5) is 0 Å². The van der Waals surface area contributed by atoms with Gasteiger partial charge >= 0.3 is 5.97 Å². The number of hydrogen-bond donors (Lipinski definition) is 1. The van der Waals surface area contributed by atoms with Gasteiger partial charge in [-0.1, -0.05) is 12.7 Å². The van der Waals surface area contributed by atoms with E-state index in [0.717, 1.165) is 6.54 Å². The first-order chi connectivity index (χ1) is 11.9. The third-order valence-electron chi connectivity index (χ3n) is 3.47. The number of aliphatic imine (C=N–C) groups is 1. The molecule has 0 fully saturated rings. The zero-order chi connectivity index (χ0) is 19.2. The van der Waals surface area contributed by atoms with Crippen LogP contribution in [0.1, 0.15) is 13.8 Å². The monoisotopic (exact) mass is 352 g/mol. The summed E-state index contributed by atoms with van der Waals surface area (Å²) in [6, 6.07) is 0. The molecule has 0 saturated heterocycles. The van der Waals surface area contributed by atoms with Gasteiger partial charge in [0, 0.05) is 38.9 Å². The second-order valence-corrected chi connectivity index (χ2v) is 5.62. The van der Waals surface area contributed by atoms with Gasteiger partial charge in [-0.2, -0.15) is 0 Å². The van der Waals surface area contributed by atoms with Crippen LogP contribution in [0.5, 0.6) is 0 Å². The molecule has 0 aromatic carbocycles. The SMILES string of the molecule is C=C/C(=C\C(CNCC(=O)N(CC)CCN(C)C)=NC)C(=O)OCC. The van der Waals surface area contributed by atoms with Crippen molar-refractivity contribution in [2.75, 3.05) is 60.5 Å². The summed E-state index contributed by atoms with van der Waals surface area (Å²) in [7, 11) is 5.60. The molecule has 0 aromatic rings. The van der Waals surface area contributed by atoms with Crippen LogP contribution in [-0.2, 0) is 14.3 Å². The fraction of sp³-hybridized carbons (Fsp3) is 0.611. The third-order valence-corrected chi connectivity index (χ3v) is 3.47. The van der Waals surface area contributed by atoms with Crippen LogP contribution in [0, 0.1) is 0 Å². The Balaban J connectivity index is 4.58. The zero-order valence-electron chi connectivity index (χ0n) is 16.2. The lowest BCUT2D eigenvalue weighted by atomic mass is 10.2. The van der Waals surface area contributed by atoms with Crippen LogP contribution in [0.15, 0.2) is 29.3 Å². The maximum Gasteiger partial charge on any atom is 0.338 e. The van der Waals surface area contributed by atoms with Gasteiger partial charge in [-0.3, -0.25) is 9.79 Å². The minimum absolute atomic E-state index is 0.0399. The maximum atomic E-state index is 12.2. The Labute approximate surface area is 151 Å². The Morgan fingerprint density at radius 2 is 1.88 bits per heavy atom. The molecule has 0 heterocycles. The van der Waals surface area contributed by atoms with E-state index in [0.29, 0.717) is 37.5 Å². The molecule has 142 valence electrons. The molecule has 0 bridgehead atoms. The smallest absolute Gasteiger partial charge is 0.338 e. The van der Waals surface area contributed by atoms with Crippen molar-refractivity contribution < 1.29 is 14.3 Å². The van der Waals surface area contributed by atoms with Crippen molar-refractivity contribution in [2.45, 2.75) is 13.8 Å². The van der Waals surface area contributed by atoms with Crippen molar-refractivity contribution in [2.24, 2.45) is 4.99 Å². The highest BCUT2D eigenvalue weighted by atomic mass is 16.5. The lowest BCUT2D eigenvalue weighted by molar-refractivity contribution is -0.138. The standard InChI is InChI=1S/C18H32N4O3/c1-7-15(18(24)25-9-3)12-16(19-4)13-20-14-17(23)22(8-2)11-10-21(5)6/h7,12,20H,1,8-11,13-14H2,2-6H3/b15-12+,19-16?. The van der Waals surface area contributed by atoms with Gasteiger partial charge in [-0.05, 0) is 34.0 Å². The largest absolute Gasteiger partial charge is 0.462 e. The van der Waals surface area contributed by atoms with E-state index in [4.69, 9.17) is 4.74 Å². The second kappa shape index (κ2) is 13.3. The molecule has 0 atom stereocenters. The first-order valence-corrected chi connectivity index (χ1v) is 8.49. The van der Waals surface area contributed by atoms with Crippen LogP contribution >= 0.6 is 0 Å². The summed E-state index contributed by atoms with van der Waals surface area (Å²) in [5.74, 6) is -0.395. The van der Waals surface area contributed by atoms with Crippen molar-refractivity contribution in [1.82, 2.24) is 15.1 Å². The van der Waals surface area contributed by atoms with E-state index in [1.54, 1.807) is 24.9 Å². The molecule has 0 rings (SSSR count). The summed E-state index contributed by atoms with van der Waals surface area (Å²) >= 11 is 0. The number of amides is 1. The summed E-state index contributed by atoms with van der Waals surface area (Å²) in [4.78, 5) is 32.0. The third kappa shape index (κ3) is 9.79. The molecule has 1 N–H and O–H groups in total. The van der Waals surface area contributed by atoms with Crippen LogP contribution in [0.2, 0.25) is 0 Å². The molecule has 1 amide bonds. The highest BCUT2D eigenvalue weighted by molar-refractivity contribution is 6.04. The molecule has 0 aliphatic carbocycles. The normalized spacial score (nSPS) is 12.2. The Hall–Kier alpha value is -1.99. The van der Waals surface area contributed by atoms with Gasteiger partial charge in [-0.25, -0.2) is 4.79 Å². The Morgan fingerprint density at radius 3 is 2.36 bits per heavy atom. The van der Waals surface area contributed by atoms with Crippen LogP contribution in [-0.4, -0.2) is 87.9 Å². The van der Waals surface area contributed by atoms with E-state index < -0.39 is 5.97 Å². The Bertz CT molecular complexity index is 499. The number of ether oxygens (including phenoxy) is 1. The number of esters is 1. The number of hydrogen-bond acceptors (Lipinski definition) is 6. The van der Waals surface area contributed by atoms with Crippen molar-refractivity contribution in [1.29, 1.82) is 0 Å². The number of nitrogens with zero attached hydrogens (tertiary/aromatic N) is 3. The molecule has 0 aliphatic rings. The van der Waals surface area contributed by atoms with E-state index in [9.17, 15) is 9.59 Å². The lowest BCUT2D eigenvalue weighted by Crippen LogP contribution is -2.42. The number of nitrogens with one attached hydrogen (secondary N) is 1. The van der Waals surface area contributed by atoms with Gasteiger partial charge < -0.3 is 19.9 Å². The van der Waals surface area contributed by atoms with Gasteiger partial charge in [0.1, 0.15) is 0 Å². The maximum absolute atomic E-state index is 12.2. The summed E-state index contributed by atoms with van der Waals surface area (Å²) in [6.45, 7) is 10.4. The predicted octanol–water partition coefficient (Wildman–Crippen LogP) is 0.732. The summed E-state index contributed by atoms with van der Waals surface area (Å²) < 4.78 is 4.96. The van der Waals surface area contributed by atoms with E-state index in [1.807, 2.05) is 25.9 Å². The van der Waals surface area contributed by atoms with E-state index in [1.165, 1.54) is 6.08 Å². The average Bonchev–Trinajstić information content (AvgIpc) is 2.58. The molecule has 0 aliphatic heterocycles. The highest BCUT2D eigenvalue weighted by Gasteiger charge is 2.12. The topological polar surface area (TPSA) is 74.2 Å². The van der Waals surface area contributed by atoms with Gasteiger partial charge in [0.2, 0.25) is 5.91 Å². The molecular formula is C18H32N4O3. The van der Waals surface area contributed by atoms with E-state index >= 15 is 0 Å². The molecular weight excluding hydrogens is 320 g/mol. The lowest BCUT2D eigenvalue weighted by Gasteiger charge is -2.23. The van der Waals surface area contributed by atoms with Crippen LogP contribution in [0.25, 0.3) is 0 Å². The van der Waals surface area contributed by atoms with Gasteiger partial charge in [0.25, 0.3) is 0 Å². The van der Waals surface area contributed by atoms with Crippen LogP contribution in [0.3, 0.4) is 0 Å². The highest BCUT2D eigenvalue weighted by Crippen LogP contribution is 2.01. The van der Waals surface area contributed by atoms with Gasteiger partial charge in [0.15, 0.2) is 0 Å². The Morgan fingerprint density at radius 1 is 1.20 bits per heavy atom. The van der Waals surface area contributed by atoms with Crippen molar-refractivity contribution in [3.63, 3.8) is 0 Å². The number of rotatable bonds is 12. The molecule has 0 spiro atoms. The summed E-state index contributed by atoms with van der Waals surface area (Å²) in [5, 5.41) is 3.07. The number of likely N-dealkylation sites (N-methyl/N-ethyl adjacent to an activating group) is 2. The number of carbonyl (C=O) groups is 2. The fourth-order valence-corrected chi connectivity index (χ4v) is 1.98. The molecule has 0 unspecified atom stereocenters. The molecule has 0 aromatic heterocycles. The van der Waals surface area contributed by atoms with Crippen LogP contribution < -0.4 is 5.32 Å². The summed E-state index contributed by atoms with van der Waals surface area (Å²) in [6.07, 6.45) is 3.06. The van der Waals surface area contributed by atoms with Crippen molar-refractivity contribution in [3.05, 3.63) is 24.3 Å². The molecule has 7 nitrogen and oxygen atoms in total. The van der Waals surface area contributed by atoms with E-state index in [2.05, 4.69) is 16.9 Å². The minimum atomic E-state index is -0.435. The average molecular weight is 352 g/mol. The first-order valence-electron chi connectivity index (χ1n) is 8.49. The van der Waals surface area contributed by atoms with Crippen molar-refractivity contribution in [3.8, 4) is 0 Å². The predicted molar refractivity (Wildman–Crippen MR) is 102 cm³/mol. The second-order valence-electron chi connectivity index (χ2n) is 5.62. The molecule has 7 heteroatoms. The minimum Gasteiger partial charge on any atom is -0.462 e. The van der Waals surface area contributed by atoms with E-state index in [-0.39, 0.29) is 12.5 Å². The summed E-state index contributed by atoms with van der Waals surface area (Å²) in [5.41, 5.74) is 0.990. The molecule has 25 heavy (non-hydrogen) atoms. The first kappa shape index (κ1) is 23.0. The van der Waals surface area contributed by atoms with Gasteiger partial charge in [0.05, 0.1) is 18.7 Å². The Kier molecular flexibility index (Phi) is 12.3.